The zero-order valence-corrected chi connectivity index (χ0v) is 14.7. The quantitative estimate of drug-likeness (QED) is 0.352. The van der Waals surface area contributed by atoms with Gasteiger partial charge in [0.2, 0.25) is 0 Å². The lowest BCUT2D eigenvalue weighted by Gasteiger charge is -2.08. The van der Waals surface area contributed by atoms with Crippen LogP contribution in [-0.4, -0.2) is 4.57 Å². The summed E-state index contributed by atoms with van der Waals surface area (Å²) in [4.78, 5) is 1.21. The fraction of sp³-hybridized carbons (Fsp3) is 0. The summed E-state index contributed by atoms with van der Waals surface area (Å²) in [6, 6.07) is 12.3. The van der Waals surface area contributed by atoms with Crippen LogP contribution in [0.5, 0.6) is 0 Å². The van der Waals surface area contributed by atoms with Gasteiger partial charge in [0.25, 0.3) is 0 Å². The molecular formula is C20H13NO2S2. The molecule has 0 amide bonds. The van der Waals surface area contributed by atoms with Gasteiger partial charge in [0.05, 0.1) is 35.0 Å². The van der Waals surface area contributed by atoms with Crippen LogP contribution in [0, 0.1) is 0 Å². The second-order valence-corrected chi connectivity index (χ2v) is 7.31. The summed E-state index contributed by atoms with van der Waals surface area (Å²) in [6.45, 7) is 0. The van der Waals surface area contributed by atoms with Gasteiger partial charge in [-0.3, -0.25) is 0 Å². The standard InChI is InChI=1S/C20H13NO2S2/c1-3-17(23-7-1)16-11-21(15-6-10-24-13-15)20(18-4-2-9-25-18)19(16)14-5-8-22-12-14/h1-13H. The van der Waals surface area contributed by atoms with Crippen LogP contribution in [0.1, 0.15) is 0 Å². The first-order valence-corrected chi connectivity index (χ1v) is 9.62. The Morgan fingerprint density at radius 2 is 1.96 bits per heavy atom. The van der Waals surface area contributed by atoms with Crippen molar-refractivity contribution in [3.8, 4) is 38.7 Å². The van der Waals surface area contributed by atoms with E-state index in [0.717, 1.165) is 33.8 Å². The molecule has 0 aliphatic heterocycles. The minimum atomic E-state index is 0.850. The van der Waals surface area contributed by atoms with E-state index < -0.39 is 0 Å². The highest BCUT2D eigenvalue weighted by Gasteiger charge is 2.23. The molecule has 5 heteroatoms. The van der Waals surface area contributed by atoms with Crippen LogP contribution in [-0.2, 0) is 0 Å². The lowest BCUT2D eigenvalue weighted by molar-refractivity contribution is 0.568. The zero-order chi connectivity index (χ0) is 16.6. The van der Waals surface area contributed by atoms with Crippen LogP contribution in [0.3, 0.4) is 0 Å². The highest BCUT2D eigenvalue weighted by molar-refractivity contribution is 7.13. The number of nitrogens with zero attached hydrogens (tertiary/aromatic N) is 1. The van der Waals surface area contributed by atoms with Crippen LogP contribution < -0.4 is 0 Å². The first-order valence-electron chi connectivity index (χ1n) is 7.80. The first-order chi connectivity index (χ1) is 12.4. The molecule has 122 valence electrons. The Hall–Kier alpha value is -2.76. The summed E-state index contributed by atoms with van der Waals surface area (Å²) in [7, 11) is 0. The van der Waals surface area contributed by atoms with E-state index in [-0.39, 0.29) is 0 Å². The van der Waals surface area contributed by atoms with Crippen LogP contribution in [0.2, 0.25) is 0 Å². The van der Waals surface area contributed by atoms with E-state index in [9.17, 15) is 0 Å². The molecule has 0 N–H and O–H groups in total. The van der Waals surface area contributed by atoms with Crippen molar-refractivity contribution in [1.82, 2.24) is 4.57 Å². The van der Waals surface area contributed by atoms with Gasteiger partial charge in [-0.25, -0.2) is 0 Å². The normalized spacial score (nSPS) is 11.2. The third-order valence-electron chi connectivity index (χ3n) is 4.14. The van der Waals surface area contributed by atoms with E-state index in [1.54, 1.807) is 41.5 Å². The third kappa shape index (κ3) is 2.40. The van der Waals surface area contributed by atoms with Crippen molar-refractivity contribution >= 4 is 22.7 Å². The topological polar surface area (TPSA) is 31.2 Å². The molecule has 0 spiro atoms. The van der Waals surface area contributed by atoms with Gasteiger partial charge in [-0.15, -0.1) is 11.3 Å². The summed E-state index contributed by atoms with van der Waals surface area (Å²) in [5, 5.41) is 6.35. The van der Waals surface area contributed by atoms with E-state index >= 15 is 0 Å². The summed E-state index contributed by atoms with van der Waals surface area (Å²) in [5.41, 5.74) is 5.53. The maximum absolute atomic E-state index is 5.72. The molecule has 0 saturated carbocycles. The number of rotatable bonds is 4. The number of hydrogen-bond donors (Lipinski definition) is 0. The fourth-order valence-electron chi connectivity index (χ4n) is 3.08. The van der Waals surface area contributed by atoms with Gasteiger partial charge >= 0.3 is 0 Å². The molecule has 0 radical (unpaired) electrons. The Bertz CT molecular complexity index is 981. The summed E-state index contributed by atoms with van der Waals surface area (Å²) >= 11 is 3.42. The number of aromatic nitrogens is 1. The lowest BCUT2D eigenvalue weighted by Crippen LogP contribution is -1.92. The third-order valence-corrected chi connectivity index (χ3v) is 5.69. The second kappa shape index (κ2) is 5.95. The average molecular weight is 363 g/mol. The molecule has 0 aromatic carbocycles. The molecule has 5 rings (SSSR count). The molecule has 25 heavy (non-hydrogen) atoms. The number of thiophene rings is 2. The van der Waals surface area contributed by atoms with E-state index in [4.69, 9.17) is 8.83 Å². The predicted molar refractivity (Wildman–Crippen MR) is 102 cm³/mol. The fourth-order valence-corrected chi connectivity index (χ4v) is 4.48. The van der Waals surface area contributed by atoms with Crippen molar-refractivity contribution in [2.75, 3.05) is 0 Å². The smallest absolute Gasteiger partial charge is 0.136 e. The first kappa shape index (κ1) is 14.6. The van der Waals surface area contributed by atoms with E-state index in [1.165, 1.54) is 4.88 Å². The second-order valence-electron chi connectivity index (χ2n) is 5.58. The zero-order valence-electron chi connectivity index (χ0n) is 13.1. The Morgan fingerprint density at radius 3 is 2.64 bits per heavy atom. The van der Waals surface area contributed by atoms with Gasteiger partial charge in [-0.2, -0.15) is 11.3 Å². The van der Waals surface area contributed by atoms with Crippen LogP contribution in [0.4, 0.5) is 0 Å². The van der Waals surface area contributed by atoms with Crippen molar-refractivity contribution in [3.63, 3.8) is 0 Å². The summed E-state index contributed by atoms with van der Waals surface area (Å²) in [6.07, 6.45) is 7.36. The monoisotopic (exact) mass is 363 g/mol. The van der Waals surface area contributed by atoms with Crippen LogP contribution in [0.15, 0.2) is 86.4 Å². The molecule has 0 bridgehead atoms. The molecular weight excluding hydrogens is 350 g/mol. The Balaban J connectivity index is 1.88. The highest BCUT2D eigenvalue weighted by atomic mass is 32.1. The Morgan fingerprint density at radius 1 is 0.960 bits per heavy atom. The van der Waals surface area contributed by atoms with E-state index in [1.807, 2.05) is 18.2 Å². The maximum atomic E-state index is 5.72. The molecule has 0 aliphatic carbocycles. The summed E-state index contributed by atoms with van der Waals surface area (Å²) < 4.78 is 13.3. The van der Waals surface area contributed by atoms with Crippen molar-refractivity contribution in [2.24, 2.45) is 0 Å². The SMILES string of the molecule is c1coc(-c2cn(-c3ccsc3)c(-c3cccs3)c2-c2ccoc2)c1. The summed E-state index contributed by atoms with van der Waals surface area (Å²) in [5.74, 6) is 0.850. The van der Waals surface area contributed by atoms with Gasteiger partial charge in [0.1, 0.15) is 5.76 Å². The van der Waals surface area contributed by atoms with Crippen molar-refractivity contribution in [1.29, 1.82) is 0 Å². The molecule has 5 heterocycles. The van der Waals surface area contributed by atoms with Crippen molar-refractivity contribution < 1.29 is 8.83 Å². The molecule has 5 aromatic heterocycles. The van der Waals surface area contributed by atoms with Crippen LogP contribution >= 0.6 is 22.7 Å². The molecule has 5 aromatic rings. The minimum Gasteiger partial charge on any atom is -0.472 e. The van der Waals surface area contributed by atoms with Gasteiger partial charge in [0, 0.05) is 28.3 Å². The molecule has 3 nitrogen and oxygen atoms in total. The van der Waals surface area contributed by atoms with Gasteiger partial charge in [-0.05, 0) is 41.1 Å². The molecule has 0 saturated heterocycles. The molecule has 0 atom stereocenters. The molecule has 0 fully saturated rings. The Kier molecular flexibility index (Phi) is 3.47. The van der Waals surface area contributed by atoms with Crippen LogP contribution in [0.25, 0.3) is 38.7 Å². The Labute approximate surface area is 152 Å². The molecule has 0 aliphatic rings. The lowest BCUT2D eigenvalue weighted by atomic mass is 10.0. The van der Waals surface area contributed by atoms with Gasteiger partial charge in [-0.1, -0.05) is 6.07 Å². The predicted octanol–water partition coefficient (Wildman–Crippen LogP) is 6.79. The highest BCUT2D eigenvalue weighted by Crippen LogP contribution is 2.44. The van der Waals surface area contributed by atoms with E-state index in [0.29, 0.717) is 0 Å². The van der Waals surface area contributed by atoms with Crippen molar-refractivity contribution in [2.45, 2.75) is 0 Å². The number of hydrogen-bond acceptors (Lipinski definition) is 4. The maximum Gasteiger partial charge on any atom is 0.136 e. The average Bonchev–Trinajstić information content (AvgIpc) is 3.48. The van der Waals surface area contributed by atoms with Gasteiger partial charge < -0.3 is 13.4 Å². The molecule has 0 unspecified atom stereocenters. The van der Waals surface area contributed by atoms with Gasteiger partial charge in [0.15, 0.2) is 0 Å². The van der Waals surface area contributed by atoms with Crippen molar-refractivity contribution in [3.05, 3.63) is 77.5 Å². The largest absolute Gasteiger partial charge is 0.472 e. The number of furan rings is 2. The van der Waals surface area contributed by atoms with E-state index in [2.05, 4.69) is 45.1 Å². The minimum absolute atomic E-state index is 0.850.